The van der Waals surface area contributed by atoms with Gasteiger partial charge in [-0.25, -0.2) is 0 Å². The van der Waals surface area contributed by atoms with Crippen molar-refractivity contribution in [1.82, 2.24) is 25.7 Å². The molecule has 0 bridgehead atoms. The number of halogens is 1. The highest BCUT2D eigenvalue weighted by atomic mass is 127. The molecule has 2 N–H and O–H groups in total. The second kappa shape index (κ2) is 15.2. The van der Waals surface area contributed by atoms with Gasteiger partial charge in [0.05, 0.1) is 0 Å². The molecule has 1 aromatic rings. The number of guanidine groups is 1. The molecule has 152 valence electrons. The summed E-state index contributed by atoms with van der Waals surface area (Å²) in [4.78, 5) is 10.9. The summed E-state index contributed by atoms with van der Waals surface area (Å²) in [5.41, 5.74) is 0. The van der Waals surface area contributed by atoms with Gasteiger partial charge in [0.15, 0.2) is 11.8 Å². The van der Waals surface area contributed by atoms with Crippen molar-refractivity contribution in [3.8, 4) is 0 Å². The number of rotatable bonds is 12. The van der Waals surface area contributed by atoms with Crippen LogP contribution in [0.1, 0.15) is 44.3 Å². The van der Waals surface area contributed by atoms with Gasteiger partial charge < -0.3 is 24.8 Å². The number of aromatic nitrogens is 2. The summed E-state index contributed by atoms with van der Waals surface area (Å²) >= 11 is 0. The Bertz CT molecular complexity index is 495. The van der Waals surface area contributed by atoms with E-state index in [0.717, 1.165) is 63.8 Å². The van der Waals surface area contributed by atoms with E-state index in [-0.39, 0.29) is 24.0 Å². The fourth-order valence-corrected chi connectivity index (χ4v) is 2.23. The minimum atomic E-state index is 0. The molecule has 0 saturated heterocycles. The summed E-state index contributed by atoms with van der Waals surface area (Å²) in [6.07, 6.45) is 2.73. The van der Waals surface area contributed by atoms with Gasteiger partial charge in [0.2, 0.25) is 5.89 Å². The summed E-state index contributed by atoms with van der Waals surface area (Å²) in [5, 5.41) is 10.6. The third-order valence-electron chi connectivity index (χ3n) is 3.76. The Morgan fingerprint density at radius 2 is 1.96 bits per heavy atom. The van der Waals surface area contributed by atoms with Crippen LogP contribution in [0.3, 0.4) is 0 Å². The molecule has 9 heteroatoms. The van der Waals surface area contributed by atoms with Crippen molar-refractivity contribution in [2.75, 3.05) is 54.0 Å². The van der Waals surface area contributed by atoms with E-state index < -0.39 is 0 Å². The molecule has 0 amide bonds. The smallest absolute Gasteiger partial charge is 0.226 e. The first kappa shape index (κ1) is 25.1. The van der Waals surface area contributed by atoms with E-state index in [2.05, 4.69) is 51.6 Å². The highest BCUT2D eigenvalue weighted by Crippen LogP contribution is 2.10. The molecule has 0 atom stereocenters. The zero-order valence-electron chi connectivity index (χ0n) is 16.7. The van der Waals surface area contributed by atoms with E-state index in [1.165, 1.54) is 0 Å². The molecular formula is C17H35IN6O2. The molecule has 0 fully saturated rings. The number of nitrogens with zero attached hydrogens (tertiary/aromatic N) is 4. The van der Waals surface area contributed by atoms with Gasteiger partial charge in [-0.15, -0.1) is 24.0 Å². The highest BCUT2D eigenvalue weighted by Gasteiger charge is 2.09. The fraction of sp³-hybridized carbons (Fsp3) is 0.824. The third kappa shape index (κ3) is 10.9. The van der Waals surface area contributed by atoms with E-state index in [9.17, 15) is 0 Å². The number of nitrogens with one attached hydrogen (secondary N) is 2. The zero-order valence-corrected chi connectivity index (χ0v) is 19.1. The molecule has 0 aliphatic carbocycles. The highest BCUT2D eigenvalue weighted by molar-refractivity contribution is 14.0. The van der Waals surface area contributed by atoms with Crippen molar-refractivity contribution in [3.63, 3.8) is 0 Å². The summed E-state index contributed by atoms with van der Waals surface area (Å²) in [6.45, 7) is 8.57. The summed E-state index contributed by atoms with van der Waals surface area (Å²) in [7, 11) is 5.63. The SMILES string of the molecule is CN=C(NCCCc1nc(C(C)C)no1)NCCN(C)CCCOC.I. The van der Waals surface area contributed by atoms with Crippen LogP contribution >= 0.6 is 24.0 Å². The number of aliphatic imine (C=N–C) groups is 1. The van der Waals surface area contributed by atoms with Crippen LogP contribution in [0.4, 0.5) is 0 Å². The zero-order chi connectivity index (χ0) is 18.5. The van der Waals surface area contributed by atoms with Gasteiger partial charge >= 0.3 is 0 Å². The number of hydrogen-bond donors (Lipinski definition) is 2. The van der Waals surface area contributed by atoms with Crippen molar-refractivity contribution in [3.05, 3.63) is 11.7 Å². The predicted octanol–water partition coefficient (Wildman–Crippen LogP) is 1.88. The first-order valence-electron chi connectivity index (χ1n) is 9.01. The number of likely N-dealkylation sites (N-methyl/N-ethyl adjacent to an activating group) is 1. The maximum atomic E-state index is 5.24. The Balaban J connectivity index is 0.00000625. The van der Waals surface area contributed by atoms with Crippen LogP contribution in [-0.2, 0) is 11.2 Å². The van der Waals surface area contributed by atoms with Crippen LogP contribution in [0.2, 0.25) is 0 Å². The average molecular weight is 482 g/mol. The lowest BCUT2D eigenvalue weighted by atomic mass is 10.2. The Morgan fingerprint density at radius 1 is 1.23 bits per heavy atom. The van der Waals surface area contributed by atoms with E-state index in [1.54, 1.807) is 14.2 Å². The van der Waals surface area contributed by atoms with Gasteiger partial charge in [-0.3, -0.25) is 4.99 Å². The monoisotopic (exact) mass is 482 g/mol. The van der Waals surface area contributed by atoms with Gasteiger partial charge in [-0.2, -0.15) is 4.98 Å². The predicted molar refractivity (Wildman–Crippen MR) is 115 cm³/mol. The lowest BCUT2D eigenvalue weighted by molar-refractivity contribution is 0.180. The van der Waals surface area contributed by atoms with Gasteiger partial charge in [-0.05, 0) is 19.9 Å². The van der Waals surface area contributed by atoms with Crippen LogP contribution < -0.4 is 10.6 Å². The fourth-order valence-electron chi connectivity index (χ4n) is 2.23. The Kier molecular flexibility index (Phi) is 14.6. The molecule has 26 heavy (non-hydrogen) atoms. The molecule has 8 nitrogen and oxygen atoms in total. The average Bonchev–Trinajstić information content (AvgIpc) is 3.06. The molecule has 0 unspecified atom stereocenters. The molecule has 1 rings (SSSR count). The number of hydrogen-bond acceptors (Lipinski definition) is 6. The van der Waals surface area contributed by atoms with Crippen LogP contribution in [0.25, 0.3) is 0 Å². The Labute approximate surface area is 174 Å². The maximum Gasteiger partial charge on any atom is 0.226 e. The van der Waals surface area contributed by atoms with Crippen LogP contribution in [0, 0.1) is 0 Å². The molecule has 0 aromatic carbocycles. The van der Waals surface area contributed by atoms with Gasteiger partial charge in [0.25, 0.3) is 0 Å². The standard InChI is InChI=1S/C17H34N6O2.HI/c1-14(2)16-21-15(25-22-16)8-6-9-19-17(18-3)20-10-12-23(4)11-7-13-24-5;/h14H,6-13H2,1-5H3,(H2,18,19,20);1H. The molecule has 0 saturated carbocycles. The van der Waals surface area contributed by atoms with Gasteiger partial charge in [0.1, 0.15) is 0 Å². The molecule has 1 heterocycles. The Morgan fingerprint density at radius 3 is 2.58 bits per heavy atom. The van der Waals surface area contributed by atoms with E-state index >= 15 is 0 Å². The van der Waals surface area contributed by atoms with Crippen LogP contribution in [-0.4, -0.2) is 75.0 Å². The third-order valence-corrected chi connectivity index (χ3v) is 3.76. The topological polar surface area (TPSA) is 87.8 Å². The van der Waals surface area contributed by atoms with Crippen molar-refractivity contribution in [2.45, 2.75) is 39.0 Å². The lowest BCUT2D eigenvalue weighted by Crippen LogP contribution is -2.41. The number of methoxy groups -OCH3 is 1. The summed E-state index contributed by atoms with van der Waals surface area (Å²) < 4.78 is 10.3. The van der Waals surface area contributed by atoms with Crippen molar-refractivity contribution >= 4 is 29.9 Å². The van der Waals surface area contributed by atoms with Gasteiger partial charge in [-0.1, -0.05) is 19.0 Å². The lowest BCUT2D eigenvalue weighted by Gasteiger charge is -2.18. The largest absolute Gasteiger partial charge is 0.385 e. The second-order valence-corrected chi connectivity index (χ2v) is 6.38. The van der Waals surface area contributed by atoms with Gasteiger partial charge in [0, 0.05) is 59.3 Å². The second-order valence-electron chi connectivity index (χ2n) is 6.38. The van der Waals surface area contributed by atoms with Crippen LogP contribution in [0.15, 0.2) is 9.52 Å². The summed E-state index contributed by atoms with van der Waals surface area (Å²) in [6, 6.07) is 0. The Hall–Kier alpha value is -0.940. The minimum absolute atomic E-state index is 0. The van der Waals surface area contributed by atoms with E-state index in [1.807, 2.05) is 0 Å². The number of aryl methyl sites for hydroxylation is 1. The van der Waals surface area contributed by atoms with Crippen molar-refractivity contribution in [1.29, 1.82) is 0 Å². The van der Waals surface area contributed by atoms with Crippen molar-refractivity contribution < 1.29 is 9.26 Å². The molecule has 1 aromatic heterocycles. The molecule has 0 aliphatic rings. The van der Waals surface area contributed by atoms with E-state index in [0.29, 0.717) is 11.8 Å². The minimum Gasteiger partial charge on any atom is -0.385 e. The van der Waals surface area contributed by atoms with E-state index in [4.69, 9.17) is 9.26 Å². The van der Waals surface area contributed by atoms with Crippen LogP contribution in [0.5, 0.6) is 0 Å². The molecule has 0 radical (unpaired) electrons. The number of ether oxygens (including phenoxy) is 1. The molecule has 0 spiro atoms. The maximum absolute atomic E-state index is 5.24. The summed E-state index contributed by atoms with van der Waals surface area (Å²) in [5.74, 6) is 2.59. The van der Waals surface area contributed by atoms with Crippen molar-refractivity contribution in [2.24, 2.45) is 4.99 Å². The molecule has 0 aliphatic heterocycles. The quantitative estimate of drug-likeness (QED) is 0.204. The first-order valence-corrected chi connectivity index (χ1v) is 9.01. The first-order chi connectivity index (χ1) is 12.1. The molecular weight excluding hydrogens is 447 g/mol. The normalized spacial score (nSPS) is 11.7.